The summed E-state index contributed by atoms with van der Waals surface area (Å²) in [6.07, 6.45) is 2.23. The second kappa shape index (κ2) is 9.13. The molecule has 2 unspecified atom stereocenters. The summed E-state index contributed by atoms with van der Waals surface area (Å²) in [5.41, 5.74) is 5.69. The summed E-state index contributed by atoms with van der Waals surface area (Å²) in [5, 5.41) is 12.3. The zero-order valence-corrected chi connectivity index (χ0v) is 10.5. The van der Waals surface area contributed by atoms with E-state index in [0.29, 0.717) is 24.4 Å². The van der Waals surface area contributed by atoms with E-state index in [1.54, 1.807) is 0 Å². The molecule has 0 fully saturated rings. The molecule has 0 aromatic carbocycles. The molecule has 0 rings (SSSR count). The number of hydrogen-bond donors (Lipinski definition) is 3. The van der Waals surface area contributed by atoms with Crippen molar-refractivity contribution in [2.45, 2.75) is 33.6 Å². The van der Waals surface area contributed by atoms with Crippen molar-refractivity contribution < 1.29 is 5.11 Å². The van der Waals surface area contributed by atoms with Crippen molar-refractivity contribution in [1.82, 2.24) is 5.32 Å². The van der Waals surface area contributed by atoms with Crippen LogP contribution in [-0.2, 0) is 0 Å². The third-order valence-electron chi connectivity index (χ3n) is 3.01. The van der Waals surface area contributed by atoms with Crippen molar-refractivity contribution >= 4 is 0 Å². The molecule has 0 heterocycles. The van der Waals surface area contributed by atoms with Gasteiger partial charge in [0.15, 0.2) is 0 Å². The zero-order valence-electron chi connectivity index (χ0n) is 10.5. The summed E-state index contributed by atoms with van der Waals surface area (Å²) in [7, 11) is 0. The standard InChI is InChI=1S/C12H28N2O/c1-10(2)12(7-13)8-14-6-4-5-11(3)9-15/h10-12,14-15H,4-9,13H2,1-3H3. The Morgan fingerprint density at radius 1 is 1.27 bits per heavy atom. The maximum absolute atomic E-state index is 8.85. The Morgan fingerprint density at radius 2 is 1.93 bits per heavy atom. The van der Waals surface area contributed by atoms with Crippen LogP contribution in [0.15, 0.2) is 0 Å². The molecule has 0 aliphatic rings. The molecule has 2 atom stereocenters. The van der Waals surface area contributed by atoms with Crippen LogP contribution in [0.25, 0.3) is 0 Å². The van der Waals surface area contributed by atoms with E-state index in [2.05, 4.69) is 26.1 Å². The molecule has 0 aromatic rings. The minimum atomic E-state index is 0.303. The molecule has 0 amide bonds. The van der Waals surface area contributed by atoms with E-state index in [4.69, 9.17) is 10.8 Å². The van der Waals surface area contributed by atoms with Gasteiger partial charge in [-0.15, -0.1) is 0 Å². The highest BCUT2D eigenvalue weighted by molar-refractivity contribution is 4.66. The van der Waals surface area contributed by atoms with Crippen molar-refractivity contribution in [2.75, 3.05) is 26.2 Å². The second-order valence-corrected chi connectivity index (χ2v) is 4.87. The fourth-order valence-electron chi connectivity index (χ4n) is 1.55. The summed E-state index contributed by atoms with van der Waals surface area (Å²) in [5.74, 6) is 1.67. The van der Waals surface area contributed by atoms with Crippen LogP contribution in [0.5, 0.6) is 0 Å². The van der Waals surface area contributed by atoms with E-state index >= 15 is 0 Å². The molecule has 0 saturated carbocycles. The van der Waals surface area contributed by atoms with Crippen LogP contribution in [0.1, 0.15) is 33.6 Å². The lowest BCUT2D eigenvalue weighted by atomic mass is 9.96. The Labute approximate surface area is 94.4 Å². The second-order valence-electron chi connectivity index (χ2n) is 4.87. The SMILES string of the molecule is CC(CO)CCCNCC(CN)C(C)C. The molecular formula is C12H28N2O. The fraction of sp³-hybridized carbons (Fsp3) is 1.00. The molecule has 0 radical (unpaired) electrons. The summed E-state index contributed by atoms with van der Waals surface area (Å²) >= 11 is 0. The van der Waals surface area contributed by atoms with Crippen LogP contribution in [-0.4, -0.2) is 31.3 Å². The van der Waals surface area contributed by atoms with Crippen LogP contribution in [0, 0.1) is 17.8 Å². The topological polar surface area (TPSA) is 58.3 Å². The minimum Gasteiger partial charge on any atom is -0.396 e. The van der Waals surface area contributed by atoms with Gasteiger partial charge in [0, 0.05) is 6.61 Å². The van der Waals surface area contributed by atoms with Gasteiger partial charge in [0.05, 0.1) is 0 Å². The maximum atomic E-state index is 8.85. The Morgan fingerprint density at radius 3 is 2.40 bits per heavy atom. The van der Waals surface area contributed by atoms with E-state index in [9.17, 15) is 0 Å². The van der Waals surface area contributed by atoms with Crippen LogP contribution >= 0.6 is 0 Å². The van der Waals surface area contributed by atoms with Gasteiger partial charge < -0.3 is 16.2 Å². The Balaban J connectivity index is 3.37. The molecule has 4 N–H and O–H groups in total. The molecule has 0 aliphatic carbocycles. The van der Waals surface area contributed by atoms with Crippen LogP contribution in [0.2, 0.25) is 0 Å². The van der Waals surface area contributed by atoms with E-state index in [1.165, 1.54) is 0 Å². The predicted molar refractivity (Wildman–Crippen MR) is 65.7 cm³/mol. The van der Waals surface area contributed by atoms with Crippen LogP contribution < -0.4 is 11.1 Å². The normalized spacial score (nSPS) is 15.6. The lowest BCUT2D eigenvalue weighted by Crippen LogP contribution is -2.32. The molecule has 15 heavy (non-hydrogen) atoms. The maximum Gasteiger partial charge on any atom is 0.0456 e. The molecule has 3 heteroatoms. The number of aliphatic hydroxyl groups is 1. The Kier molecular flexibility index (Phi) is 9.06. The summed E-state index contributed by atoms with van der Waals surface area (Å²) < 4.78 is 0. The Hall–Kier alpha value is -0.120. The number of nitrogens with two attached hydrogens (primary N) is 1. The number of hydrogen-bond acceptors (Lipinski definition) is 3. The fourth-order valence-corrected chi connectivity index (χ4v) is 1.55. The molecule has 0 spiro atoms. The van der Waals surface area contributed by atoms with Crippen molar-refractivity contribution in [3.63, 3.8) is 0 Å². The average molecular weight is 216 g/mol. The van der Waals surface area contributed by atoms with E-state index in [-0.39, 0.29) is 0 Å². The quantitative estimate of drug-likeness (QED) is 0.508. The molecule has 0 aliphatic heterocycles. The van der Waals surface area contributed by atoms with Gasteiger partial charge in [0.2, 0.25) is 0 Å². The highest BCUT2D eigenvalue weighted by atomic mass is 16.3. The van der Waals surface area contributed by atoms with Gasteiger partial charge in [-0.3, -0.25) is 0 Å². The van der Waals surface area contributed by atoms with Crippen LogP contribution in [0.4, 0.5) is 0 Å². The van der Waals surface area contributed by atoms with Gasteiger partial charge in [-0.05, 0) is 50.2 Å². The van der Waals surface area contributed by atoms with Gasteiger partial charge >= 0.3 is 0 Å². The van der Waals surface area contributed by atoms with Gasteiger partial charge in [-0.2, -0.15) is 0 Å². The monoisotopic (exact) mass is 216 g/mol. The molecular weight excluding hydrogens is 188 g/mol. The first-order chi connectivity index (χ1) is 7.11. The van der Waals surface area contributed by atoms with Gasteiger partial charge in [-0.25, -0.2) is 0 Å². The highest BCUT2D eigenvalue weighted by Crippen LogP contribution is 2.07. The molecule has 0 aromatic heterocycles. The lowest BCUT2D eigenvalue weighted by Gasteiger charge is -2.19. The van der Waals surface area contributed by atoms with Gasteiger partial charge in [0.1, 0.15) is 0 Å². The van der Waals surface area contributed by atoms with Crippen molar-refractivity contribution in [2.24, 2.45) is 23.5 Å². The average Bonchev–Trinajstić information content (AvgIpc) is 2.22. The third kappa shape index (κ3) is 7.77. The molecule has 3 nitrogen and oxygen atoms in total. The summed E-state index contributed by atoms with van der Waals surface area (Å²) in [6, 6.07) is 0. The first-order valence-corrected chi connectivity index (χ1v) is 6.13. The minimum absolute atomic E-state index is 0.303. The van der Waals surface area contributed by atoms with Gasteiger partial charge in [0.25, 0.3) is 0 Å². The van der Waals surface area contributed by atoms with Gasteiger partial charge in [-0.1, -0.05) is 20.8 Å². The lowest BCUT2D eigenvalue weighted by molar-refractivity contribution is 0.227. The summed E-state index contributed by atoms with van der Waals surface area (Å²) in [6.45, 7) is 9.63. The molecule has 0 bridgehead atoms. The first kappa shape index (κ1) is 14.9. The smallest absolute Gasteiger partial charge is 0.0456 e. The largest absolute Gasteiger partial charge is 0.396 e. The number of nitrogens with one attached hydrogen (secondary N) is 1. The molecule has 0 saturated heterocycles. The van der Waals surface area contributed by atoms with E-state index < -0.39 is 0 Å². The van der Waals surface area contributed by atoms with Crippen molar-refractivity contribution in [1.29, 1.82) is 0 Å². The van der Waals surface area contributed by atoms with E-state index in [0.717, 1.165) is 32.5 Å². The first-order valence-electron chi connectivity index (χ1n) is 6.13. The zero-order chi connectivity index (χ0) is 11.7. The van der Waals surface area contributed by atoms with Crippen molar-refractivity contribution in [3.05, 3.63) is 0 Å². The highest BCUT2D eigenvalue weighted by Gasteiger charge is 2.10. The predicted octanol–water partition coefficient (Wildman–Crippen LogP) is 1.22. The number of rotatable bonds is 9. The van der Waals surface area contributed by atoms with Crippen LogP contribution in [0.3, 0.4) is 0 Å². The summed E-state index contributed by atoms with van der Waals surface area (Å²) in [4.78, 5) is 0. The Bertz CT molecular complexity index is 140. The molecule has 92 valence electrons. The number of aliphatic hydroxyl groups excluding tert-OH is 1. The van der Waals surface area contributed by atoms with Crippen molar-refractivity contribution in [3.8, 4) is 0 Å². The third-order valence-corrected chi connectivity index (χ3v) is 3.01. The van der Waals surface area contributed by atoms with E-state index in [1.807, 2.05) is 0 Å².